The minimum Gasteiger partial charge on any atom is -0.331 e. The number of amides is 2. The third-order valence-electron chi connectivity index (χ3n) is 5.26. The van der Waals surface area contributed by atoms with Gasteiger partial charge in [-0.25, -0.2) is 0 Å². The van der Waals surface area contributed by atoms with Crippen LogP contribution in [0.15, 0.2) is 24.3 Å². The molecule has 2 amide bonds. The number of nitrogens with one attached hydrogen (secondary N) is 1. The van der Waals surface area contributed by atoms with Crippen LogP contribution in [0.4, 0.5) is 5.69 Å². The Bertz CT molecular complexity index is 653. The maximum atomic E-state index is 12.7. The molecule has 1 saturated heterocycles. The molecule has 3 rings (SSSR count). The molecule has 23 heavy (non-hydrogen) atoms. The molecule has 1 aliphatic carbocycles. The van der Waals surface area contributed by atoms with Crippen molar-refractivity contribution < 1.29 is 9.59 Å². The van der Waals surface area contributed by atoms with Gasteiger partial charge in [0, 0.05) is 18.3 Å². The van der Waals surface area contributed by atoms with E-state index >= 15 is 0 Å². The van der Waals surface area contributed by atoms with Crippen molar-refractivity contribution in [1.82, 2.24) is 4.90 Å². The maximum Gasteiger partial charge on any atom is 0.313 e. The number of para-hydroxylation sites is 1. The Kier molecular flexibility index (Phi) is 3.74. The van der Waals surface area contributed by atoms with Gasteiger partial charge in [-0.3, -0.25) is 9.59 Å². The zero-order valence-electron chi connectivity index (χ0n) is 14.5. The fourth-order valence-electron chi connectivity index (χ4n) is 4.72. The van der Waals surface area contributed by atoms with Crippen LogP contribution in [-0.4, -0.2) is 29.3 Å². The van der Waals surface area contributed by atoms with E-state index in [2.05, 4.69) is 26.1 Å². The van der Waals surface area contributed by atoms with Gasteiger partial charge in [-0.2, -0.15) is 0 Å². The van der Waals surface area contributed by atoms with Crippen molar-refractivity contribution in [3.8, 4) is 0 Å². The van der Waals surface area contributed by atoms with E-state index in [0.29, 0.717) is 12.2 Å². The van der Waals surface area contributed by atoms with Gasteiger partial charge in [-0.1, -0.05) is 39.0 Å². The van der Waals surface area contributed by atoms with Crippen molar-refractivity contribution in [3.63, 3.8) is 0 Å². The summed E-state index contributed by atoms with van der Waals surface area (Å²) in [4.78, 5) is 26.9. The second-order valence-electron chi connectivity index (χ2n) is 8.42. The highest BCUT2D eigenvalue weighted by atomic mass is 16.2. The van der Waals surface area contributed by atoms with Crippen LogP contribution in [0, 0.1) is 17.8 Å². The van der Waals surface area contributed by atoms with Crippen LogP contribution in [-0.2, 0) is 9.59 Å². The van der Waals surface area contributed by atoms with Crippen molar-refractivity contribution in [2.45, 2.75) is 53.0 Å². The van der Waals surface area contributed by atoms with Crippen LogP contribution < -0.4 is 5.32 Å². The molecule has 1 aromatic carbocycles. The van der Waals surface area contributed by atoms with Crippen molar-refractivity contribution in [1.29, 1.82) is 0 Å². The second-order valence-corrected chi connectivity index (χ2v) is 8.42. The van der Waals surface area contributed by atoms with Crippen molar-refractivity contribution >= 4 is 17.5 Å². The van der Waals surface area contributed by atoms with E-state index in [4.69, 9.17) is 0 Å². The third-order valence-corrected chi connectivity index (χ3v) is 5.26. The molecular formula is C19H26N2O2. The summed E-state index contributed by atoms with van der Waals surface area (Å²) in [6, 6.07) is 7.72. The molecule has 0 spiro atoms. The van der Waals surface area contributed by atoms with Gasteiger partial charge in [-0.05, 0) is 48.6 Å². The molecule has 0 radical (unpaired) electrons. The van der Waals surface area contributed by atoms with E-state index in [1.807, 2.05) is 36.1 Å². The first-order chi connectivity index (χ1) is 10.7. The number of likely N-dealkylation sites (tertiary alicyclic amines) is 1. The average Bonchev–Trinajstić information content (AvgIpc) is 2.69. The Morgan fingerprint density at radius 2 is 1.87 bits per heavy atom. The number of anilines is 1. The van der Waals surface area contributed by atoms with E-state index in [1.165, 1.54) is 0 Å². The molecule has 2 fully saturated rings. The predicted molar refractivity (Wildman–Crippen MR) is 91.0 cm³/mol. The SMILES string of the molecule is Cc1ccccc1NC(=O)C(=O)N1CC2(C)CC1CC(C)(C)C2. The molecule has 124 valence electrons. The lowest BCUT2D eigenvalue weighted by atomic mass is 9.65. The Morgan fingerprint density at radius 3 is 2.57 bits per heavy atom. The molecule has 1 saturated carbocycles. The first-order valence-electron chi connectivity index (χ1n) is 8.37. The van der Waals surface area contributed by atoms with E-state index < -0.39 is 5.91 Å². The smallest absolute Gasteiger partial charge is 0.313 e. The van der Waals surface area contributed by atoms with Crippen molar-refractivity contribution in [2.75, 3.05) is 11.9 Å². The summed E-state index contributed by atoms with van der Waals surface area (Å²) in [5.74, 6) is -0.909. The normalized spacial score (nSPS) is 28.5. The Hall–Kier alpha value is -1.84. The van der Waals surface area contributed by atoms with Crippen LogP contribution in [0.1, 0.15) is 45.6 Å². The van der Waals surface area contributed by atoms with Gasteiger partial charge in [0.05, 0.1) is 0 Å². The first-order valence-corrected chi connectivity index (χ1v) is 8.37. The highest BCUT2D eigenvalue weighted by Gasteiger charge is 2.51. The van der Waals surface area contributed by atoms with Crippen LogP contribution >= 0.6 is 0 Å². The van der Waals surface area contributed by atoms with Crippen LogP contribution in [0.3, 0.4) is 0 Å². The standard InChI is InChI=1S/C19H26N2O2/c1-13-7-5-6-8-15(13)20-16(22)17(23)21-12-19(4)10-14(21)9-18(2,3)11-19/h5-8,14H,9-12H2,1-4H3,(H,20,22). The summed E-state index contributed by atoms with van der Waals surface area (Å²) in [5, 5.41) is 2.77. The molecule has 2 aliphatic rings. The molecule has 1 N–H and O–H groups in total. The van der Waals surface area contributed by atoms with Gasteiger partial charge in [0.1, 0.15) is 0 Å². The van der Waals surface area contributed by atoms with E-state index in [9.17, 15) is 9.59 Å². The lowest BCUT2D eigenvalue weighted by Gasteiger charge is -2.39. The summed E-state index contributed by atoms with van der Waals surface area (Å²) >= 11 is 0. The average molecular weight is 314 g/mol. The number of benzene rings is 1. The Morgan fingerprint density at radius 1 is 1.17 bits per heavy atom. The lowest BCUT2D eigenvalue weighted by molar-refractivity contribution is -0.144. The fourth-order valence-corrected chi connectivity index (χ4v) is 4.72. The summed E-state index contributed by atoms with van der Waals surface area (Å²) in [6.45, 7) is 9.39. The number of carbonyl (C=O) groups is 2. The molecule has 2 unspecified atom stereocenters. The van der Waals surface area contributed by atoms with Gasteiger partial charge >= 0.3 is 11.8 Å². The summed E-state index contributed by atoms with van der Waals surface area (Å²) in [6.07, 6.45) is 3.10. The summed E-state index contributed by atoms with van der Waals surface area (Å²) in [5.41, 5.74) is 2.05. The molecule has 1 aromatic rings. The second kappa shape index (κ2) is 5.36. The topological polar surface area (TPSA) is 49.4 Å². The minimum atomic E-state index is -0.520. The Balaban J connectivity index is 1.74. The third kappa shape index (κ3) is 3.12. The Labute approximate surface area is 138 Å². The highest BCUT2D eigenvalue weighted by molar-refractivity contribution is 6.39. The monoisotopic (exact) mass is 314 g/mol. The number of hydrogen-bond acceptors (Lipinski definition) is 2. The number of fused-ring (bicyclic) bond motifs is 2. The van der Waals surface area contributed by atoms with Gasteiger partial charge in [0.15, 0.2) is 0 Å². The molecule has 1 aliphatic heterocycles. The van der Waals surface area contributed by atoms with Gasteiger partial charge in [0.25, 0.3) is 0 Å². The molecule has 2 bridgehead atoms. The van der Waals surface area contributed by atoms with Gasteiger partial charge in [-0.15, -0.1) is 0 Å². The summed E-state index contributed by atoms with van der Waals surface area (Å²) in [7, 11) is 0. The van der Waals surface area contributed by atoms with Crippen molar-refractivity contribution in [2.24, 2.45) is 10.8 Å². The van der Waals surface area contributed by atoms with Crippen molar-refractivity contribution in [3.05, 3.63) is 29.8 Å². The van der Waals surface area contributed by atoms with Crippen LogP contribution in [0.25, 0.3) is 0 Å². The molecule has 1 heterocycles. The number of nitrogens with zero attached hydrogens (tertiary/aromatic N) is 1. The van der Waals surface area contributed by atoms with Crippen LogP contribution in [0.5, 0.6) is 0 Å². The molecule has 0 aromatic heterocycles. The fraction of sp³-hybridized carbons (Fsp3) is 0.579. The zero-order chi connectivity index (χ0) is 16.8. The van der Waals surface area contributed by atoms with E-state index in [0.717, 1.165) is 24.8 Å². The van der Waals surface area contributed by atoms with Gasteiger partial charge in [0.2, 0.25) is 0 Å². The van der Waals surface area contributed by atoms with Crippen LogP contribution in [0.2, 0.25) is 0 Å². The lowest BCUT2D eigenvalue weighted by Crippen LogP contribution is -2.43. The largest absolute Gasteiger partial charge is 0.331 e. The highest BCUT2D eigenvalue weighted by Crippen LogP contribution is 2.52. The van der Waals surface area contributed by atoms with E-state index in [-0.39, 0.29) is 22.8 Å². The first kappa shape index (κ1) is 16.0. The number of aryl methyl sites for hydroxylation is 1. The zero-order valence-corrected chi connectivity index (χ0v) is 14.5. The molecule has 4 heteroatoms. The minimum absolute atomic E-state index is 0.144. The molecule has 2 atom stereocenters. The maximum absolute atomic E-state index is 12.7. The summed E-state index contributed by atoms with van der Waals surface area (Å²) < 4.78 is 0. The molecular weight excluding hydrogens is 288 g/mol. The van der Waals surface area contributed by atoms with Gasteiger partial charge < -0.3 is 10.2 Å². The quantitative estimate of drug-likeness (QED) is 0.808. The van der Waals surface area contributed by atoms with E-state index in [1.54, 1.807) is 0 Å². The number of carbonyl (C=O) groups excluding carboxylic acids is 2. The predicted octanol–water partition coefficient (Wildman–Crippen LogP) is 3.36. The number of hydrogen-bond donors (Lipinski definition) is 1. The molecule has 4 nitrogen and oxygen atoms in total. The number of rotatable bonds is 1.